The predicted molar refractivity (Wildman–Crippen MR) is 130 cm³/mol. The number of aromatic amines is 1. The molecular weight excluding hydrogens is 420 g/mol. The number of hydrogen-bond acceptors (Lipinski definition) is 5. The SMILES string of the molecule is Cc1ccccc1OCC(=O)N(CCC(C)C)c1c(N)n(Cc2ccccc2)c(=O)[nH]c1=O. The Morgan fingerprint density at radius 1 is 1.09 bits per heavy atom. The van der Waals surface area contributed by atoms with Gasteiger partial charge in [-0.3, -0.25) is 19.1 Å². The molecule has 0 bridgehead atoms. The lowest BCUT2D eigenvalue weighted by Crippen LogP contribution is -2.43. The molecule has 33 heavy (non-hydrogen) atoms. The van der Waals surface area contributed by atoms with E-state index < -0.39 is 17.2 Å². The first kappa shape index (κ1) is 23.8. The molecule has 0 saturated heterocycles. The molecule has 2 aromatic carbocycles. The van der Waals surface area contributed by atoms with Crippen molar-refractivity contribution in [2.45, 2.75) is 33.7 Å². The minimum Gasteiger partial charge on any atom is -0.483 e. The van der Waals surface area contributed by atoms with Gasteiger partial charge in [0, 0.05) is 6.54 Å². The number of nitrogens with zero attached hydrogens (tertiary/aromatic N) is 2. The lowest BCUT2D eigenvalue weighted by molar-refractivity contribution is -0.120. The number of nitrogens with one attached hydrogen (secondary N) is 1. The maximum Gasteiger partial charge on any atom is 0.330 e. The van der Waals surface area contributed by atoms with Crippen molar-refractivity contribution in [3.05, 3.63) is 86.6 Å². The fourth-order valence-electron chi connectivity index (χ4n) is 3.45. The van der Waals surface area contributed by atoms with Crippen LogP contribution < -0.4 is 26.6 Å². The summed E-state index contributed by atoms with van der Waals surface area (Å²) in [6, 6.07) is 16.7. The molecule has 0 fully saturated rings. The van der Waals surface area contributed by atoms with Crippen LogP contribution >= 0.6 is 0 Å². The number of nitrogens with two attached hydrogens (primary N) is 1. The summed E-state index contributed by atoms with van der Waals surface area (Å²) in [5.74, 6) is 0.403. The van der Waals surface area contributed by atoms with Crippen LogP contribution in [0.1, 0.15) is 31.4 Å². The average Bonchev–Trinajstić information content (AvgIpc) is 2.78. The van der Waals surface area contributed by atoms with Gasteiger partial charge in [-0.25, -0.2) is 4.79 Å². The number of rotatable bonds is 9. The fourth-order valence-corrected chi connectivity index (χ4v) is 3.45. The highest BCUT2D eigenvalue weighted by Gasteiger charge is 2.25. The van der Waals surface area contributed by atoms with Crippen LogP contribution in [0, 0.1) is 12.8 Å². The van der Waals surface area contributed by atoms with Gasteiger partial charge in [0.05, 0.1) is 6.54 Å². The molecule has 0 saturated carbocycles. The quantitative estimate of drug-likeness (QED) is 0.521. The molecule has 8 nitrogen and oxygen atoms in total. The summed E-state index contributed by atoms with van der Waals surface area (Å²) in [4.78, 5) is 42.2. The highest BCUT2D eigenvalue weighted by atomic mass is 16.5. The molecule has 1 amide bonds. The number of aromatic nitrogens is 2. The third kappa shape index (κ3) is 5.91. The van der Waals surface area contributed by atoms with Crippen LogP contribution in [0.3, 0.4) is 0 Å². The van der Waals surface area contributed by atoms with Gasteiger partial charge in [-0.05, 0) is 36.5 Å². The maximum absolute atomic E-state index is 13.2. The van der Waals surface area contributed by atoms with Crippen LogP contribution in [-0.2, 0) is 11.3 Å². The van der Waals surface area contributed by atoms with Crippen molar-refractivity contribution in [3.8, 4) is 5.75 Å². The molecule has 3 N–H and O–H groups in total. The second kappa shape index (κ2) is 10.7. The molecular formula is C25H30N4O4. The van der Waals surface area contributed by atoms with Crippen LogP contribution in [0.4, 0.5) is 11.5 Å². The predicted octanol–water partition coefficient (Wildman–Crippen LogP) is 2.93. The number of hydrogen-bond donors (Lipinski definition) is 2. The fraction of sp³-hybridized carbons (Fsp3) is 0.320. The lowest BCUT2D eigenvalue weighted by atomic mass is 10.1. The molecule has 1 heterocycles. The van der Waals surface area contributed by atoms with Crippen LogP contribution in [0.2, 0.25) is 0 Å². The van der Waals surface area contributed by atoms with Gasteiger partial charge in [-0.15, -0.1) is 0 Å². The normalized spacial score (nSPS) is 10.9. The number of benzene rings is 2. The summed E-state index contributed by atoms with van der Waals surface area (Å²) in [7, 11) is 0. The van der Waals surface area contributed by atoms with E-state index in [-0.39, 0.29) is 37.1 Å². The molecule has 3 rings (SSSR count). The average molecular weight is 451 g/mol. The Morgan fingerprint density at radius 3 is 2.42 bits per heavy atom. The monoisotopic (exact) mass is 450 g/mol. The van der Waals surface area contributed by atoms with Crippen LogP contribution in [0.5, 0.6) is 5.75 Å². The Hall–Kier alpha value is -3.81. The van der Waals surface area contributed by atoms with Crippen LogP contribution in [0.15, 0.2) is 64.2 Å². The number of anilines is 2. The first-order valence-electron chi connectivity index (χ1n) is 10.9. The zero-order valence-corrected chi connectivity index (χ0v) is 19.2. The Morgan fingerprint density at radius 2 is 1.76 bits per heavy atom. The van der Waals surface area contributed by atoms with Gasteiger partial charge in [-0.1, -0.05) is 62.4 Å². The van der Waals surface area contributed by atoms with Crippen LogP contribution in [0.25, 0.3) is 0 Å². The minimum absolute atomic E-state index is 0.0374. The van der Waals surface area contributed by atoms with Gasteiger partial charge in [-0.2, -0.15) is 0 Å². The number of para-hydroxylation sites is 1. The molecule has 0 spiro atoms. The Bertz CT molecular complexity index is 1220. The highest BCUT2D eigenvalue weighted by Crippen LogP contribution is 2.21. The zero-order chi connectivity index (χ0) is 24.0. The summed E-state index contributed by atoms with van der Waals surface area (Å²) < 4.78 is 6.99. The highest BCUT2D eigenvalue weighted by molar-refractivity contribution is 5.96. The van der Waals surface area contributed by atoms with Crippen molar-refractivity contribution in [1.29, 1.82) is 0 Å². The summed E-state index contributed by atoms with van der Waals surface area (Å²) in [5, 5.41) is 0. The largest absolute Gasteiger partial charge is 0.483 e. The number of aryl methyl sites for hydroxylation is 1. The van der Waals surface area contributed by atoms with Crippen LogP contribution in [-0.4, -0.2) is 28.6 Å². The molecule has 0 radical (unpaired) electrons. The van der Waals surface area contributed by atoms with Gasteiger partial charge < -0.3 is 15.4 Å². The van der Waals surface area contributed by atoms with Crippen molar-refractivity contribution in [3.63, 3.8) is 0 Å². The van der Waals surface area contributed by atoms with E-state index in [1.807, 2.05) is 69.3 Å². The molecule has 0 aliphatic carbocycles. The van der Waals surface area contributed by atoms with Crippen molar-refractivity contribution in [2.24, 2.45) is 5.92 Å². The van der Waals surface area contributed by atoms with Gasteiger partial charge in [0.2, 0.25) is 0 Å². The summed E-state index contributed by atoms with van der Waals surface area (Å²) >= 11 is 0. The summed E-state index contributed by atoms with van der Waals surface area (Å²) in [6.07, 6.45) is 0.646. The smallest absolute Gasteiger partial charge is 0.330 e. The van der Waals surface area contributed by atoms with Gasteiger partial charge >= 0.3 is 5.69 Å². The van der Waals surface area contributed by atoms with E-state index in [0.29, 0.717) is 12.2 Å². The molecule has 0 aliphatic heterocycles. The number of nitrogen functional groups attached to an aromatic ring is 1. The minimum atomic E-state index is -0.699. The van der Waals surface area contributed by atoms with E-state index in [1.165, 1.54) is 9.47 Å². The molecule has 174 valence electrons. The topological polar surface area (TPSA) is 110 Å². The number of carbonyl (C=O) groups excluding carboxylic acids is 1. The molecule has 1 aromatic heterocycles. The lowest BCUT2D eigenvalue weighted by Gasteiger charge is -2.25. The third-order valence-electron chi connectivity index (χ3n) is 5.34. The molecule has 3 aromatic rings. The summed E-state index contributed by atoms with van der Waals surface area (Å²) in [6.45, 7) is 6.11. The van der Waals surface area contributed by atoms with E-state index in [4.69, 9.17) is 10.5 Å². The second-order valence-electron chi connectivity index (χ2n) is 8.35. The number of ether oxygens (including phenoxy) is 1. The zero-order valence-electron chi connectivity index (χ0n) is 19.2. The molecule has 0 aliphatic rings. The first-order valence-corrected chi connectivity index (χ1v) is 10.9. The van der Waals surface area contributed by atoms with Crippen molar-refractivity contribution >= 4 is 17.4 Å². The van der Waals surface area contributed by atoms with Gasteiger partial charge in [0.15, 0.2) is 12.3 Å². The number of carbonyl (C=O) groups is 1. The third-order valence-corrected chi connectivity index (χ3v) is 5.34. The first-order chi connectivity index (χ1) is 15.8. The van der Waals surface area contributed by atoms with E-state index in [1.54, 1.807) is 6.07 Å². The van der Waals surface area contributed by atoms with E-state index in [2.05, 4.69) is 4.98 Å². The molecule has 0 unspecified atom stereocenters. The van der Waals surface area contributed by atoms with E-state index in [0.717, 1.165) is 11.1 Å². The molecule has 8 heteroatoms. The Kier molecular flexibility index (Phi) is 7.71. The van der Waals surface area contributed by atoms with E-state index >= 15 is 0 Å². The van der Waals surface area contributed by atoms with Gasteiger partial charge in [0.25, 0.3) is 11.5 Å². The molecule has 0 atom stereocenters. The van der Waals surface area contributed by atoms with E-state index in [9.17, 15) is 14.4 Å². The Labute approximate surface area is 192 Å². The second-order valence-corrected chi connectivity index (χ2v) is 8.35. The summed E-state index contributed by atoms with van der Waals surface area (Å²) in [5.41, 5.74) is 6.69. The number of amides is 1. The maximum atomic E-state index is 13.2. The van der Waals surface area contributed by atoms with Crippen molar-refractivity contribution in [2.75, 3.05) is 23.8 Å². The Balaban J connectivity index is 1.96. The number of H-pyrrole nitrogens is 1. The van der Waals surface area contributed by atoms with Gasteiger partial charge in [0.1, 0.15) is 11.6 Å². The van der Waals surface area contributed by atoms with Crippen molar-refractivity contribution < 1.29 is 9.53 Å². The standard InChI is InChI=1S/C25H30N4O4/c1-17(2)13-14-28(21(30)16-33-20-12-8-7-9-18(20)3)22-23(26)29(25(32)27-24(22)31)15-19-10-5-4-6-11-19/h4-12,17H,13-16,26H2,1-3H3,(H,27,31,32). The van der Waals surface area contributed by atoms with Crippen molar-refractivity contribution in [1.82, 2.24) is 9.55 Å².